The average molecular weight is 747 g/mol. The number of likely N-dealkylation sites (tertiary alicyclic amines) is 1. The number of carbonyl (C=O) groups is 6. The lowest BCUT2D eigenvalue weighted by Crippen LogP contribution is -2.37. The van der Waals surface area contributed by atoms with Gasteiger partial charge in [0.15, 0.2) is 6.29 Å². The van der Waals surface area contributed by atoms with Gasteiger partial charge in [-0.05, 0) is 23.9 Å². The molecule has 1 aliphatic rings. The number of hydrogen-bond acceptors (Lipinski definition) is 13. The zero-order valence-corrected chi connectivity index (χ0v) is 31.5. The van der Waals surface area contributed by atoms with Crippen LogP contribution in [0.5, 0.6) is 0 Å². The number of ether oxygens (including phenoxy) is 4. The zero-order chi connectivity index (χ0) is 38.1. The highest BCUT2D eigenvalue weighted by atomic mass is 32.2. The summed E-state index contributed by atoms with van der Waals surface area (Å²) >= 11 is 1.54. The van der Waals surface area contributed by atoms with Crippen LogP contribution in [0.25, 0.3) is 0 Å². The fourth-order valence-corrected chi connectivity index (χ4v) is 6.30. The maximum absolute atomic E-state index is 12.8. The molecule has 3 unspecified atom stereocenters. The van der Waals surface area contributed by atoms with Crippen LogP contribution in [0.3, 0.4) is 0 Å². The molecule has 1 saturated heterocycles. The molecule has 1 heterocycles. The summed E-state index contributed by atoms with van der Waals surface area (Å²) in [6.45, 7) is 7.12. The molecule has 292 valence electrons. The van der Waals surface area contributed by atoms with Crippen molar-refractivity contribution in [1.82, 2.24) is 20.9 Å². The number of aliphatic hydroxyl groups excluding tert-OH is 2. The number of amides is 5. The molecule has 0 radical (unpaired) electrons. The van der Waals surface area contributed by atoms with Gasteiger partial charge in [0.25, 0.3) is 0 Å². The van der Waals surface area contributed by atoms with Crippen molar-refractivity contribution in [2.24, 2.45) is 0 Å². The number of thioether (sulfide) groups is 1. The number of esters is 1. The van der Waals surface area contributed by atoms with Gasteiger partial charge < -0.3 is 45.1 Å². The fraction of sp³-hybridized carbons (Fsp3) is 0.818. The number of hydrogen-bond donors (Lipinski definition) is 5. The van der Waals surface area contributed by atoms with Gasteiger partial charge in [-0.1, -0.05) is 33.6 Å². The summed E-state index contributed by atoms with van der Waals surface area (Å²) in [4.78, 5) is 74.2. The van der Waals surface area contributed by atoms with Gasteiger partial charge in [-0.2, -0.15) is 11.8 Å². The molecule has 0 bridgehead atoms. The van der Waals surface area contributed by atoms with E-state index in [0.29, 0.717) is 6.42 Å². The monoisotopic (exact) mass is 746 g/mol. The standard InChI is InChI=1S/C33H59BN4O12S/c1-4-6-12-33(3,34)51-25-21-29(43)38(32(25)46)16-10-27(41)37-15-18-48-20-19-47-17-11-28(42)36-14-13-35-26(40)8-7-9-30(44)49-23-31(45)50-24(5-2)22-39/h24-25,31,39,45H,4-23,34H2,1-3H3,(H,35,40)(H,36,42)(H,37,41)/t24?,25?,31?,33-/m0/s1. The van der Waals surface area contributed by atoms with Crippen molar-refractivity contribution in [3.8, 4) is 0 Å². The van der Waals surface area contributed by atoms with E-state index >= 15 is 0 Å². The Hall–Kier alpha value is -2.77. The number of nitrogens with zero attached hydrogens (tertiary/aromatic N) is 1. The Morgan fingerprint density at radius 1 is 0.922 bits per heavy atom. The first kappa shape index (κ1) is 46.3. The molecule has 1 aliphatic heterocycles. The molecular weight excluding hydrogens is 687 g/mol. The van der Waals surface area contributed by atoms with Crippen molar-refractivity contribution in [1.29, 1.82) is 0 Å². The Kier molecular flexibility index (Phi) is 24.4. The number of nitrogens with one attached hydrogen (secondary N) is 3. The van der Waals surface area contributed by atoms with Gasteiger partial charge >= 0.3 is 5.97 Å². The Balaban J connectivity index is 1.99. The summed E-state index contributed by atoms with van der Waals surface area (Å²) in [5.41, 5.74) is 0. The van der Waals surface area contributed by atoms with E-state index in [1.165, 1.54) is 4.90 Å². The molecule has 4 atom stereocenters. The first-order chi connectivity index (χ1) is 24.3. The second kappa shape index (κ2) is 26.9. The highest BCUT2D eigenvalue weighted by molar-refractivity contribution is 8.03. The second-order valence-electron chi connectivity index (χ2n) is 12.7. The highest BCUT2D eigenvalue weighted by Crippen LogP contribution is 2.36. The molecule has 5 N–H and O–H groups in total. The van der Waals surface area contributed by atoms with E-state index in [4.69, 9.17) is 24.1 Å². The van der Waals surface area contributed by atoms with Crippen molar-refractivity contribution in [2.45, 2.75) is 107 Å². The van der Waals surface area contributed by atoms with Crippen LogP contribution >= 0.6 is 11.8 Å². The van der Waals surface area contributed by atoms with Crippen LogP contribution < -0.4 is 16.0 Å². The third kappa shape index (κ3) is 22.0. The van der Waals surface area contributed by atoms with Crippen LogP contribution in [-0.4, -0.2) is 147 Å². The van der Waals surface area contributed by atoms with Crippen LogP contribution in [0.2, 0.25) is 0 Å². The number of imide groups is 1. The molecule has 0 aliphatic carbocycles. The summed E-state index contributed by atoms with van der Waals surface area (Å²) in [6.07, 6.45) is 2.38. The molecule has 1 rings (SSSR count). The topological polar surface area (TPSA) is 219 Å². The molecule has 18 heteroatoms. The summed E-state index contributed by atoms with van der Waals surface area (Å²) in [5, 5.41) is 26.3. The van der Waals surface area contributed by atoms with E-state index in [2.05, 4.69) is 37.6 Å². The first-order valence-corrected chi connectivity index (χ1v) is 18.8. The van der Waals surface area contributed by atoms with E-state index < -0.39 is 23.6 Å². The Bertz CT molecular complexity index is 1080. The summed E-state index contributed by atoms with van der Waals surface area (Å²) < 4.78 is 20.7. The van der Waals surface area contributed by atoms with Gasteiger partial charge in [-0.25, -0.2) is 0 Å². The third-order valence-electron chi connectivity index (χ3n) is 7.72. The molecule has 1 fully saturated rings. The normalized spacial score (nSPS) is 16.7. The van der Waals surface area contributed by atoms with Crippen molar-refractivity contribution in [2.75, 3.05) is 65.8 Å². The molecule has 0 aromatic rings. The molecule has 16 nitrogen and oxygen atoms in total. The van der Waals surface area contributed by atoms with Crippen molar-refractivity contribution >= 4 is 55.1 Å². The van der Waals surface area contributed by atoms with Gasteiger partial charge in [0, 0.05) is 58.3 Å². The lowest BCUT2D eigenvalue weighted by atomic mass is 9.84. The minimum absolute atomic E-state index is 0.0130. The Morgan fingerprint density at radius 3 is 2.20 bits per heavy atom. The lowest BCUT2D eigenvalue weighted by molar-refractivity contribution is -0.183. The van der Waals surface area contributed by atoms with Gasteiger partial charge in [-0.15, -0.1) is 0 Å². The molecule has 0 aromatic carbocycles. The van der Waals surface area contributed by atoms with Gasteiger partial charge in [0.05, 0.1) is 44.4 Å². The van der Waals surface area contributed by atoms with Crippen LogP contribution in [0.4, 0.5) is 0 Å². The fourth-order valence-electron chi connectivity index (χ4n) is 4.82. The summed E-state index contributed by atoms with van der Waals surface area (Å²) in [6, 6.07) is 0. The maximum Gasteiger partial charge on any atom is 0.305 e. The molecule has 0 spiro atoms. The quantitative estimate of drug-likeness (QED) is 0.0204. The SMILES string of the molecule is B[C@](C)(CCCC)SC1CC(=O)N(CCC(=O)NCCOCCOCCC(=O)NCCNC(=O)CCCC(=O)OCC(O)OC(CC)CO)C1=O. The number of rotatable bonds is 30. The lowest BCUT2D eigenvalue weighted by Gasteiger charge is -2.26. The first-order valence-electron chi connectivity index (χ1n) is 17.9. The van der Waals surface area contributed by atoms with Crippen molar-refractivity contribution in [3.63, 3.8) is 0 Å². The van der Waals surface area contributed by atoms with Crippen LogP contribution in [0.1, 0.15) is 85.0 Å². The number of carbonyl (C=O) groups excluding carboxylic acids is 6. The molecule has 51 heavy (non-hydrogen) atoms. The summed E-state index contributed by atoms with van der Waals surface area (Å²) in [5.74, 6) is -1.83. The average Bonchev–Trinajstić information content (AvgIpc) is 3.35. The van der Waals surface area contributed by atoms with Crippen molar-refractivity contribution < 1.29 is 57.9 Å². The number of aliphatic hydroxyl groups is 2. The third-order valence-corrected chi connectivity index (χ3v) is 9.22. The smallest absolute Gasteiger partial charge is 0.305 e. The van der Waals surface area contributed by atoms with E-state index in [-0.39, 0.29) is 139 Å². The largest absolute Gasteiger partial charge is 0.460 e. The Labute approximate surface area is 306 Å². The highest BCUT2D eigenvalue weighted by Gasteiger charge is 2.41. The van der Waals surface area contributed by atoms with E-state index in [0.717, 1.165) is 19.3 Å². The second-order valence-corrected chi connectivity index (χ2v) is 14.6. The van der Waals surface area contributed by atoms with Crippen molar-refractivity contribution in [3.05, 3.63) is 0 Å². The van der Waals surface area contributed by atoms with Crippen LogP contribution in [0, 0.1) is 0 Å². The Morgan fingerprint density at radius 2 is 1.55 bits per heavy atom. The molecular formula is C33H59BN4O12S. The van der Waals surface area contributed by atoms with Gasteiger partial charge in [-0.3, -0.25) is 33.7 Å². The van der Waals surface area contributed by atoms with E-state index in [9.17, 15) is 33.9 Å². The zero-order valence-electron chi connectivity index (χ0n) is 30.7. The molecule has 0 saturated carbocycles. The minimum Gasteiger partial charge on any atom is -0.460 e. The molecule has 0 aromatic heterocycles. The van der Waals surface area contributed by atoms with Gasteiger partial charge in [0.1, 0.15) is 14.5 Å². The van der Waals surface area contributed by atoms with E-state index in [1.54, 1.807) is 18.7 Å². The predicted molar refractivity (Wildman–Crippen MR) is 192 cm³/mol. The van der Waals surface area contributed by atoms with Gasteiger partial charge in [0.2, 0.25) is 29.5 Å². The van der Waals surface area contributed by atoms with E-state index in [1.807, 2.05) is 0 Å². The van der Waals surface area contributed by atoms with Crippen LogP contribution in [-0.2, 0) is 47.7 Å². The maximum atomic E-state index is 12.8. The molecule has 5 amide bonds. The predicted octanol–water partition coefficient (Wildman–Crippen LogP) is -0.632. The van der Waals surface area contributed by atoms with Crippen LogP contribution in [0.15, 0.2) is 0 Å². The summed E-state index contributed by atoms with van der Waals surface area (Å²) in [7, 11) is 2.09. The number of unbranched alkanes of at least 4 members (excludes halogenated alkanes) is 1. The minimum atomic E-state index is -1.34.